The highest BCUT2D eigenvalue weighted by molar-refractivity contribution is 7.89. The van der Waals surface area contributed by atoms with Crippen LogP contribution in [0.2, 0.25) is 0 Å². The summed E-state index contributed by atoms with van der Waals surface area (Å²) in [4.78, 5) is 3.83. The molecule has 1 unspecified atom stereocenters. The van der Waals surface area contributed by atoms with Crippen LogP contribution in [0.15, 0.2) is 17.6 Å². The summed E-state index contributed by atoms with van der Waals surface area (Å²) in [6.45, 7) is 1.20. The zero-order chi connectivity index (χ0) is 12.5. The quantitative estimate of drug-likeness (QED) is 0.702. The molecule has 7 nitrogen and oxygen atoms in total. The van der Waals surface area contributed by atoms with E-state index < -0.39 is 10.0 Å². The fraction of sp³-hybridized carbons (Fsp3) is 0.667. The molecular weight excluding hydrogens is 244 g/mol. The Balaban J connectivity index is 2.12. The van der Waals surface area contributed by atoms with E-state index in [0.717, 1.165) is 0 Å². The third-order valence-electron chi connectivity index (χ3n) is 2.72. The van der Waals surface area contributed by atoms with Crippen LogP contribution >= 0.6 is 0 Å². The van der Waals surface area contributed by atoms with Crippen LogP contribution in [-0.2, 0) is 21.8 Å². The highest BCUT2D eigenvalue weighted by atomic mass is 32.2. The van der Waals surface area contributed by atoms with E-state index in [1.54, 1.807) is 18.7 Å². The van der Waals surface area contributed by atoms with E-state index in [1.807, 2.05) is 0 Å². The molecule has 2 rings (SSSR count). The lowest BCUT2D eigenvalue weighted by Crippen LogP contribution is -2.43. The fourth-order valence-electron chi connectivity index (χ4n) is 1.81. The number of methoxy groups -OCH3 is 1. The molecule has 96 valence electrons. The molecule has 1 saturated heterocycles. The molecule has 1 aliphatic heterocycles. The molecule has 1 aromatic heterocycles. The third-order valence-corrected chi connectivity index (χ3v) is 4.10. The number of nitrogens with zero attached hydrogens (tertiary/aromatic N) is 2. The van der Waals surface area contributed by atoms with Crippen molar-refractivity contribution in [3.8, 4) is 0 Å². The lowest BCUT2D eigenvalue weighted by Gasteiger charge is -2.17. The van der Waals surface area contributed by atoms with Gasteiger partial charge in [0.25, 0.3) is 10.0 Å². The molecule has 0 amide bonds. The molecule has 17 heavy (non-hydrogen) atoms. The summed E-state index contributed by atoms with van der Waals surface area (Å²) >= 11 is 0. The Morgan fingerprint density at radius 1 is 1.59 bits per heavy atom. The van der Waals surface area contributed by atoms with Crippen LogP contribution in [0.5, 0.6) is 0 Å². The van der Waals surface area contributed by atoms with Gasteiger partial charge in [-0.1, -0.05) is 0 Å². The Hall–Kier alpha value is -0.960. The molecule has 8 heteroatoms. The highest BCUT2D eigenvalue weighted by Crippen LogP contribution is 2.10. The maximum absolute atomic E-state index is 12.0. The lowest BCUT2D eigenvalue weighted by atomic mass is 10.2. The summed E-state index contributed by atoms with van der Waals surface area (Å²) in [6.07, 6.45) is 2.77. The highest BCUT2D eigenvalue weighted by Gasteiger charge is 2.31. The predicted octanol–water partition coefficient (Wildman–Crippen LogP) is -1.31. The Labute approximate surface area is 100 Å². The number of rotatable bonds is 4. The zero-order valence-corrected chi connectivity index (χ0v) is 10.6. The van der Waals surface area contributed by atoms with Crippen LogP contribution in [0, 0.1) is 0 Å². The Morgan fingerprint density at radius 3 is 2.94 bits per heavy atom. The topological polar surface area (TPSA) is 85.3 Å². The molecule has 0 saturated carbocycles. The van der Waals surface area contributed by atoms with Crippen LogP contribution in [-0.4, -0.2) is 50.3 Å². The van der Waals surface area contributed by atoms with Crippen molar-refractivity contribution in [2.75, 3.05) is 20.2 Å². The molecule has 1 aromatic rings. The van der Waals surface area contributed by atoms with Gasteiger partial charge in [-0.15, -0.1) is 0 Å². The Morgan fingerprint density at radius 2 is 2.35 bits per heavy atom. The summed E-state index contributed by atoms with van der Waals surface area (Å²) in [5.41, 5.74) is 0. The van der Waals surface area contributed by atoms with E-state index >= 15 is 0 Å². The Kier molecular flexibility index (Phi) is 3.48. The predicted molar refractivity (Wildman–Crippen MR) is 61.0 cm³/mol. The summed E-state index contributed by atoms with van der Waals surface area (Å²) < 4.78 is 33.4. The van der Waals surface area contributed by atoms with Crippen LogP contribution < -0.4 is 10.0 Å². The van der Waals surface area contributed by atoms with Gasteiger partial charge in [-0.2, -0.15) is 0 Å². The standard InChI is InChI=1S/C9H16N4O3S/c1-13-5-9(11-6-13)17(14,15)12-7-3-10-4-8(7)16-2/h5-8,10,12H,3-4H2,1-2H3/t7?,8-/m0/s1. The van der Waals surface area contributed by atoms with Crippen molar-refractivity contribution in [2.24, 2.45) is 7.05 Å². The number of imidazole rings is 1. The van der Waals surface area contributed by atoms with Gasteiger partial charge in [0, 0.05) is 33.4 Å². The van der Waals surface area contributed by atoms with Gasteiger partial charge >= 0.3 is 0 Å². The first-order valence-electron chi connectivity index (χ1n) is 5.27. The van der Waals surface area contributed by atoms with Gasteiger partial charge < -0.3 is 14.6 Å². The minimum atomic E-state index is -3.57. The van der Waals surface area contributed by atoms with Gasteiger partial charge in [0.1, 0.15) is 0 Å². The average Bonchev–Trinajstić information content (AvgIpc) is 2.86. The normalized spacial score (nSPS) is 25.3. The maximum Gasteiger partial charge on any atom is 0.259 e. The van der Waals surface area contributed by atoms with Crippen LogP contribution in [0.4, 0.5) is 0 Å². The van der Waals surface area contributed by atoms with E-state index in [-0.39, 0.29) is 17.2 Å². The monoisotopic (exact) mass is 260 g/mol. The van der Waals surface area contributed by atoms with Crippen molar-refractivity contribution in [2.45, 2.75) is 17.2 Å². The molecule has 0 aliphatic carbocycles. The van der Waals surface area contributed by atoms with Gasteiger partial charge in [0.05, 0.1) is 18.5 Å². The van der Waals surface area contributed by atoms with Crippen LogP contribution in [0.3, 0.4) is 0 Å². The minimum absolute atomic E-state index is 0.0294. The van der Waals surface area contributed by atoms with Crippen molar-refractivity contribution in [1.29, 1.82) is 0 Å². The molecular formula is C9H16N4O3S. The number of hydrogen-bond donors (Lipinski definition) is 2. The Bertz CT molecular complexity index is 484. The number of aromatic nitrogens is 2. The first kappa shape index (κ1) is 12.5. The molecule has 0 bridgehead atoms. The number of ether oxygens (including phenoxy) is 1. The molecule has 2 heterocycles. The molecule has 0 aromatic carbocycles. The van der Waals surface area contributed by atoms with Gasteiger partial charge in [-0.3, -0.25) is 0 Å². The summed E-state index contributed by atoms with van der Waals surface area (Å²) in [6, 6.07) is -0.257. The van der Waals surface area contributed by atoms with Gasteiger partial charge in [-0.25, -0.2) is 18.1 Å². The van der Waals surface area contributed by atoms with Crippen LogP contribution in [0.1, 0.15) is 0 Å². The van der Waals surface area contributed by atoms with E-state index in [9.17, 15) is 8.42 Å². The minimum Gasteiger partial charge on any atom is -0.378 e. The van der Waals surface area contributed by atoms with Crippen molar-refractivity contribution in [3.63, 3.8) is 0 Å². The first-order chi connectivity index (χ1) is 8.03. The molecule has 1 fully saturated rings. The fourth-order valence-corrected chi connectivity index (χ4v) is 3.05. The number of hydrogen-bond acceptors (Lipinski definition) is 5. The van der Waals surface area contributed by atoms with Gasteiger partial charge in [0.2, 0.25) is 0 Å². The third kappa shape index (κ3) is 2.65. The van der Waals surface area contributed by atoms with Crippen molar-refractivity contribution in [3.05, 3.63) is 12.5 Å². The second kappa shape index (κ2) is 4.73. The smallest absolute Gasteiger partial charge is 0.259 e. The number of nitrogens with one attached hydrogen (secondary N) is 2. The van der Waals surface area contributed by atoms with E-state index in [2.05, 4.69) is 15.0 Å². The first-order valence-corrected chi connectivity index (χ1v) is 6.75. The van der Waals surface area contributed by atoms with E-state index in [1.165, 1.54) is 12.5 Å². The lowest BCUT2D eigenvalue weighted by molar-refractivity contribution is 0.103. The van der Waals surface area contributed by atoms with Crippen molar-refractivity contribution >= 4 is 10.0 Å². The molecule has 2 atom stereocenters. The van der Waals surface area contributed by atoms with E-state index in [0.29, 0.717) is 13.1 Å². The second-order valence-electron chi connectivity index (χ2n) is 4.04. The van der Waals surface area contributed by atoms with Gasteiger partial charge in [-0.05, 0) is 0 Å². The summed E-state index contributed by atoms with van der Waals surface area (Å²) in [7, 11) is -0.275. The largest absolute Gasteiger partial charge is 0.378 e. The average molecular weight is 260 g/mol. The number of aryl methyl sites for hydroxylation is 1. The number of sulfonamides is 1. The molecule has 1 aliphatic rings. The molecule has 2 N–H and O–H groups in total. The van der Waals surface area contributed by atoms with Gasteiger partial charge in [0.15, 0.2) is 5.03 Å². The summed E-state index contributed by atoms with van der Waals surface area (Å²) in [5.74, 6) is 0. The SMILES string of the molecule is CO[C@H]1CNCC1NS(=O)(=O)c1cn(C)cn1. The zero-order valence-electron chi connectivity index (χ0n) is 9.75. The van der Waals surface area contributed by atoms with Crippen LogP contribution in [0.25, 0.3) is 0 Å². The molecule has 0 radical (unpaired) electrons. The van der Waals surface area contributed by atoms with Crippen molar-refractivity contribution in [1.82, 2.24) is 19.6 Å². The van der Waals surface area contributed by atoms with Crippen molar-refractivity contribution < 1.29 is 13.2 Å². The molecule has 0 spiro atoms. The summed E-state index contributed by atoms with van der Waals surface area (Å²) in [5, 5.41) is 3.10. The van der Waals surface area contributed by atoms with E-state index in [4.69, 9.17) is 4.74 Å². The second-order valence-corrected chi connectivity index (χ2v) is 5.70. The maximum atomic E-state index is 12.0.